The maximum Gasteiger partial charge on any atom is 0.454 e. The fourth-order valence-electron chi connectivity index (χ4n) is 0.883. The number of aryl methyl sites for hydroxylation is 1. The van der Waals surface area contributed by atoms with Gasteiger partial charge in [0.25, 0.3) is 5.78 Å². The molecule has 0 amide bonds. The van der Waals surface area contributed by atoms with E-state index >= 15 is 0 Å². The summed E-state index contributed by atoms with van der Waals surface area (Å²) in [6.07, 6.45) is -4.82. The lowest BCUT2D eigenvalue weighted by molar-refractivity contribution is -0.0885. The molecular weight excluding hydrogens is 203 g/mol. The van der Waals surface area contributed by atoms with Crippen LogP contribution in [0.2, 0.25) is 0 Å². The number of nitrogen functional groups attached to an aromatic ring is 1. The fourth-order valence-corrected chi connectivity index (χ4v) is 1.68. The molecule has 0 atom stereocenters. The van der Waals surface area contributed by atoms with Gasteiger partial charge in [-0.05, 0) is 13.0 Å². The number of ketones is 1. The van der Waals surface area contributed by atoms with Crippen LogP contribution in [0.4, 0.5) is 18.2 Å². The van der Waals surface area contributed by atoms with Gasteiger partial charge in [0.2, 0.25) is 0 Å². The lowest BCUT2D eigenvalue weighted by atomic mass is 10.2. The number of halogens is 3. The SMILES string of the molecule is Cc1sc(N)cc1C(=O)C(F)(F)F. The predicted octanol–water partition coefficient (Wildman–Crippen LogP) is 2.38. The largest absolute Gasteiger partial charge is 0.454 e. The molecule has 0 saturated heterocycles. The third-order valence-electron chi connectivity index (χ3n) is 1.44. The highest BCUT2D eigenvalue weighted by Gasteiger charge is 2.40. The molecule has 1 aromatic rings. The molecule has 0 aliphatic rings. The highest BCUT2D eigenvalue weighted by atomic mass is 32.1. The summed E-state index contributed by atoms with van der Waals surface area (Å²) in [5.41, 5.74) is 4.91. The summed E-state index contributed by atoms with van der Waals surface area (Å²) in [4.78, 5) is 11.0. The Morgan fingerprint density at radius 3 is 2.38 bits per heavy atom. The Hall–Kier alpha value is -1.04. The van der Waals surface area contributed by atoms with Crippen LogP contribution in [0.25, 0.3) is 0 Å². The van der Waals surface area contributed by atoms with Crippen molar-refractivity contribution in [3.8, 4) is 0 Å². The van der Waals surface area contributed by atoms with Crippen LogP contribution in [0, 0.1) is 6.92 Å². The number of Topliss-reactive ketones (excluding diaryl/α,β-unsaturated/α-hetero) is 1. The number of carbonyl (C=O) groups excluding carboxylic acids is 1. The second-order valence-corrected chi connectivity index (χ2v) is 3.73. The van der Waals surface area contributed by atoms with E-state index in [0.29, 0.717) is 4.88 Å². The highest BCUT2D eigenvalue weighted by molar-refractivity contribution is 7.16. The third-order valence-corrected chi connectivity index (χ3v) is 2.32. The van der Waals surface area contributed by atoms with Gasteiger partial charge in [0.15, 0.2) is 0 Å². The summed E-state index contributed by atoms with van der Waals surface area (Å²) in [6.45, 7) is 1.43. The van der Waals surface area contributed by atoms with Crippen molar-refractivity contribution in [3.63, 3.8) is 0 Å². The molecule has 13 heavy (non-hydrogen) atoms. The zero-order valence-electron chi connectivity index (χ0n) is 6.61. The van der Waals surface area contributed by atoms with E-state index in [-0.39, 0.29) is 10.6 Å². The molecule has 1 heterocycles. The average molecular weight is 209 g/mol. The van der Waals surface area contributed by atoms with Crippen molar-refractivity contribution < 1.29 is 18.0 Å². The monoisotopic (exact) mass is 209 g/mol. The van der Waals surface area contributed by atoms with Crippen LogP contribution in [0.5, 0.6) is 0 Å². The lowest BCUT2D eigenvalue weighted by Gasteiger charge is -2.02. The first-order valence-electron chi connectivity index (χ1n) is 3.30. The molecule has 0 fully saturated rings. The molecule has 0 spiro atoms. The van der Waals surface area contributed by atoms with E-state index in [4.69, 9.17) is 5.73 Å². The third kappa shape index (κ3) is 2.00. The average Bonchev–Trinajstić information content (AvgIpc) is 2.26. The predicted molar refractivity (Wildman–Crippen MR) is 43.9 cm³/mol. The van der Waals surface area contributed by atoms with Crippen molar-refractivity contribution in [2.75, 3.05) is 5.73 Å². The van der Waals surface area contributed by atoms with Gasteiger partial charge >= 0.3 is 6.18 Å². The Kier molecular flexibility index (Phi) is 2.34. The minimum Gasteiger partial charge on any atom is -0.391 e. The number of hydrogen-bond acceptors (Lipinski definition) is 3. The van der Waals surface area contributed by atoms with Crippen LogP contribution >= 0.6 is 11.3 Å². The molecule has 0 unspecified atom stereocenters. The van der Waals surface area contributed by atoms with Gasteiger partial charge in [-0.25, -0.2) is 0 Å². The number of rotatable bonds is 1. The maximum absolute atomic E-state index is 11.9. The Morgan fingerprint density at radius 2 is 2.08 bits per heavy atom. The first-order chi connectivity index (χ1) is 5.82. The second-order valence-electron chi connectivity index (χ2n) is 2.45. The molecule has 0 aliphatic carbocycles. The quantitative estimate of drug-likeness (QED) is 0.721. The Morgan fingerprint density at radius 1 is 1.54 bits per heavy atom. The normalized spacial score (nSPS) is 11.7. The number of carbonyl (C=O) groups is 1. The maximum atomic E-state index is 11.9. The van der Waals surface area contributed by atoms with Crippen molar-refractivity contribution in [2.45, 2.75) is 13.1 Å². The highest BCUT2D eigenvalue weighted by Crippen LogP contribution is 2.29. The zero-order chi connectivity index (χ0) is 10.2. The van der Waals surface area contributed by atoms with Crippen molar-refractivity contribution in [1.82, 2.24) is 0 Å². The van der Waals surface area contributed by atoms with Crippen LogP contribution in [-0.4, -0.2) is 12.0 Å². The van der Waals surface area contributed by atoms with Gasteiger partial charge in [0.1, 0.15) is 0 Å². The molecular formula is C7H6F3NOS. The van der Waals surface area contributed by atoms with E-state index in [1.165, 1.54) is 6.92 Å². The van der Waals surface area contributed by atoms with Crippen molar-refractivity contribution >= 4 is 22.1 Å². The molecule has 1 rings (SSSR count). The van der Waals surface area contributed by atoms with E-state index in [1.807, 2.05) is 0 Å². The van der Waals surface area contributed by atoms with Crippen molar-refractivity contribution in [1.29, 1.82) is 0 Å². The minimum absolute atomic E-state index is 0.213. The Labute approximate surface area is 76.2 Å². The first kappa shape index (κ1) is 10.0. The molecule has 72 valence electrons. The summed E-state index contributed by atoms with van der Waals surface area (Å²) in [5, 5.41) is 0.213. The molecule has 2 nitrogen and oxygen atoms in total. The van der Waals surface area contributed by atoms with Gasteiger partial charge in [0.05, 0.1) is 5.00 Å². The molecule has 0 radical (unpaired) electrons. The summed E-state index contributed by atoms with van der Waals surface area (Å²) in [5.74, 6) is -1.84. The number of thiophene rings is 1. The lowest BCUT2D eigenvalue weighted by Crippen LogP contribution is -2.22. The molecule has 6 heteroatoms. The van der Waals surface area contributed by atoms with E-state index in [2.05, 4.69) is 0 Å². The van der Waals surface area contributed by atoms with Gasteiger partial charge in [-0.15, -0.1) is 11.3 Å². The molecule has 0 saturated carbocycles. The second kappa shape index (κ2) is 3.02. The van der Waals surface area contributed by atoms with Crippen LogP contribution in [0.15, 0.2) is 6.07 Å². The van der Waals surface area contributed by atoms with E-state index < -0.39 is 12.0 Å². The molecule has 2 N–H and O–H groups in total. The topological polar surface area (TPSA) is 43.1 Å². The molecule has 1 aromatic heterocycles. The van der Waals surface area contributed by atoms with E-state index in [0.717, 1.165) is 17.4 Å². The standard InChI is InChI=1S/C7H6F3NOS/c1-3-4(2-5(11)13-3)6(12)7(8,9)10/h2H,11H2,1H3. The number of anilines is 1. The fraction of sp³-hybridized carbons (Fsp3) is 0.286. The van der Waals surface area contributed by atoms with Gasteiger partial charge in [-0.3, -0.25) is 4.79 Å². The summed E-state index contributed by atoms with van der Waals surface area (Å²) >= 11 is 0.971. The van der Waals surface area contributed by atoms with Crippen molar-refractivity contribution in [2.24, 2.45) is 0 Å². The number of nitrogens with two attached hydrogens (primary N) is 1. The zero-order valence-corrected chi connectivity index (χ0v) is 7.42. The van der Waals surface area contributed by atoms with Gasteiger partial charge in [0, 0.05) is 10.4 Å². The van der Waals surface area contributed by atoms with Gasteiger partial charge in [-0.1, -0.05) is 0 Å². The summed E-state index contributed by atoms with van der Waals surface area (Å²) < 4.78 is 35.8. The van der Waals surface area contributed by atoms with Crippen LogP contribution in [0.1, 0.15) is 15.2 Å². The summed E-state index contributed by atoms with van der Waals surface area (Å²) in [6, 6.07) is 1.05. The number of hydrogen-bond donors (Lipinski definition) is 1. The summed E-state index contributed by atoms with van der Waals surface area (Å²) in [7, 11) is 0. The van der Waals surface area contributed by atoms with Crippen molar-refractivity contribution in [3.05, 3.63) is 16.5 Å². The van der Waals surface area contributed by atoms with Gasteiger partial charge in [-0.2, -0.15) is 13.2 Å². The number of alkyl halides is 3. The van der Waals surface area contributed by atoms with Gasteiger partial charge < -0.3 is 5.73 Å². The van der Waals surface area contributed by atoms with Crippen LogP contribution in [-0.2, 0) is 0 Å². The molecule has 0 aliphatic heterocycles. The van der Waals surface area contributed by atoms with Crippen LogP contribution < -0.4 is 5.73 Å². The minimum atomic E-state index is -4.82. The van der Waals surface area contributed by atoms with E-state index in [9.17, 15) is 18.0 Å². The smallest absolute Gasteiger partial charge is 0.391 e. The van der Waals surface area contributed by atoms with Crippen LogP contribution in [0.3, 0.4) is 0 Å². The van der Waals surface area contributed by atoms with E-state index in [1.54, 1.807) is 0 Å². The Balaban J connectivity index is 3.09. The first-order valence-corrected chi connectivity index (χ1v) is 4.11. The molecule has 0 aromatic carbocycles. The Bertz CT molecular complexity index is 342. The molecule has 0 bridgehead atoms.